The highest BCUT2D eigenvalue weighted by Crippen LogP contribution is 2.33. The van der Waals surface area contributed by atoms with Crippen molar-refractivity contribution in [3.63, 3.8) is 0 Å². The maximum absolute atomic E-state index is 5.36. The van der Waals surface area contributed by atoms with E-state index in [-0.39, 0.29) is 0 Å². The summed E-state index contributed by atoms with van der Waals surface area (Å²) in [6.07, 6.45) is 2.86. The molecule has 0 amide bonds. The Labute approximate surface area is 107 Å². The molecule has 0 saturated heterocycles. The molecule has 0 fully saturated rings. The predicted molar refractivity (Wildman–Crippen MR) is 73.6 cm³/mol. The molecular formula is C14H18N2O2. The Morgan fingerprint density at radius 1 is 1.22 bits per heavy atom. The van der Waals surface area contributed by atoms with Gasteiger partial charge in [-0.25, -0.2) is 0 Å². The van der Waals surface area contributed by atoms with Gasteiger partial charge < -0.3 is 14.8 Å². The fourth-order valence-corrected chi connectivity index (χ4v) is 1.88. The summed E-state index contributed by atoms with van der Waals surface area (Å²) in [4.78, 5) is 4.38. The van der Waals surface area contributed by atoms with Crippen molar-refractivity contribution in [3.05, 3.63) is 24.4 Å². The van der Waals surface area contributed by atoms with Gasteiger partial charge >= 0.3 is 0 Å². The number of aromatic nitrogens is 1. The largest absolute Gasteiger partial charge is 0.497 e. The smallest absolute Gasteiger partial charge is 0.148 e. The van der Waals surface area contributed by atoms with E-state index in [1.54, 1.807) is 20.4 Å². The summed E-state index contributed by atoms with van der Waals surface area (Å²) >= 11 is 0. The van der Waals surface area contributed by atoms with Crippen LogP contribution in [0, 0.1) is 0 Å². The quantitative estimate of drug-likeness (QED) is 0.880. The summed E-state index contributed by atoms with van der Waals surface area (Å²) in [7, 11) is 3.29. The van der Waals surface area contributed by atoms with Gasteiger partial charge in [-0.2, -0.15) is 0 Å². The summed E-state index contributed by atoms with van der Waals surface area (Å²) in [6.45, 7) is 3.07. The molecule has 0 aliphatic carbocycles. The van der Waals surface area contributed by atoms with Crippen molar-refractivity contribution in [2.24, 2.45) is 0 Å². The molecule has 0 atom stereocenters. The standard InChI is InChI=1S/C14H18N2O2/c1-4-6-15-12-5-7-16-14-11(12)8-10(17-2)9-13(14)18-3/h5,7-9H,4,6H2,1-3H3,(H,15,16). The molecule has 0 saturated carbocycles. The van der Waals surface area contributed by atoms with Crippen molar-refractivity contribution in [1.82, 2.24) is 4.98 Å². The molecule has 1 aromatic carbocycles. The van der Waals surface area contributed by atoms with E-state index in [2.05, 4.69) is 17.2 Å². The molecule has 4 nitrogen and oxygen atoms in total. The number of methoxy groups -OCH3 is 2. The van der Waals surface area contributed by atoms with Gasteiger partial charge in [-0.05, 0) is 18.6 Å². The Bertz CT molecular complexity index is 541. The Morgan fingerprint density at radius 3 is 2.72 bits per heavy atom. The number of fused-ring (bicyclic) bond motifs is 1. The van der Waals surface area contributed by atoms with Crippen LogP contribution in [0.15, 0.2) is 24.4 Å². The van der Waals surface area contributed by atoms with E-state index < -0.39 is 0 Å². The van der Waals surface area contributed by atoms with Gasteiger partial charge in [0.25, 0.3) is 0 Å². The van der Waals surface area contributed by atoms with Gasteiger partial charge in [0.2, 0.25) is 0 Å². The lowest BCUT2D eigenvalue weighted by molar-refractivity contribution is 0.397. The van der Waals surface area contributed by atoms with E-state index >= 15 is 0 Å². The van der Waals surface area contributed by atoms with E-state index in [4.69, 9.17) is 9.47 Å². The van der Waals surface area contributed by atoms with Crippen LogP contribution in [0.3, 0.4) is 0 Å². The lowest BCUT2D eigenvalue weighted by Crippen LogP contribution is -2.01. The van der Waals surface area contributed by atoms with Gasteiger partial charge in [0, 0.05) is 29.9 Å². The number of pyridine rings is 1. The molecule has 0 spiro atoms. The second kappa shape index (κ2) is 5.58. The zero-order valence-corrected chi connectivity index (χ0v) is 11.0. The molecular weight excluding hydrogens is 228 g/mol. The van der Waals surface area contributed by atoms with Crippen LogP contribution in [0.25, 0.3) is 10.9 Å². The van der Waals surface area contributed by atoms with E-state index in [9.17, 15) is 0 Å². The van der Waals surface area contributed by atoms with Crippen molar-refractivity contribution in [3.8, 4) is 11.5 Å². The van der Waals surface area contributed by atoms with Crippen LogP contribution in [0.2, 0.25) is 0 Å². The minimum atomic E-state index is 0.726. The van der Waals surface area contributed by atoms with Crippen molar-refractivity contribution >= 4 is 16.6 Å². The maximum Gasteiger partial charge on any atom is 0.148 e. The molecule has 2 rings (SSSR count). The van der Waals surface area contributed by atoms with Crippen LogP contribution >= 0.6 is 0 Å². The van der Waals surface area contributed by atoms with Crippen LogP contribution in [0.4, 0.5) is 5.69 Å². The Kier molecular flexibility index (Phi) is 3.87. The Morgan fingerprint density at radius 2 is 2.06 bits per heavy atom. The maximum atomic E-state index is 5.36. The summed E-state index contributed by atoms with van der Waals surface area (Å²) in [6, 6.07) is 5.79. The van der Waals surface area contributed by atoms with Crippen LogP contribution in [0.5, 0.6) is 11.5 Å². The molecule has 2 aromatic rings. The Balaban J connectivity index is 2.58. The summed E-state index contributed by atoms with van der Waals surface area (Å²) in [5, 5.41) is 4.40. The third-order valence-corrected chi connectivity index (χ3v) is 2.80. The fourth-order valence-electron chi connectivity index (χ4n) is 1.88. The van der Waals surface area contributed by atoms with Gasteiger partial charge in [-0.15, -0.1) is 0 Å². The second-order valence-corrected chi connectivity index (χ2v) is 4.01. The monoisotopic (exact) mass is 246 g/mol. The summed E-state index contributed by atoms with van der Waals surface area (Å²) in [5.74, 6) is 1.50. The molecule has 0 aliphatic heterocycles. The van der Waals surface area contributed by atoms with Gasteiger partial charge in [0.05, 0.1) is 14.2 Å². The minimum absolute atomic E-state index is 0.726. The molecule has 96 valence electrons. The number of rotatable bonds is 5. The van der Waals surface area contributed by atoms with E-state index in [1.165, 1.54) is 0 Å². The highest BCUT2D eigenvalue weighted by Gasteiger charge is 2.09. The second-order valence-electron chi connectivity index (χ2n) is 4.01. The average molecular weight is 246 g/mol. The first-order valence-electron chi connectivity index (χ1n) is 6.04. The van der Waals surface area contributed by atoms with Gasteiger partial charge in [-0.3, -0.25) is 4.98 Å². The van der Waals surface area contributed by atoms with Crippen molar-refractivity contribution in [1.29, 1.82) is 0 Å². The number of benzene rings is 1. The van der Waals surface area contributed by atoms with Gasteiger partial charge in [0.15, 0.2) is 0 Å². The lowest BCUT2D eigenvalue weighted by Gasteiger charge is -2.12. The first kappa shape index (κ1) is 12.5. The minimum Gasteiger partial charge on any atom is -0.497 e. The van der Waals surface area contributed by atoms with Gasteiger partial charge in [-0.1, -0.05) is 6.92 Å². The van der Waals surface area contributed by atoms with E-state index in [0.717, 1.165) is 41.1 Å². The lowest BCUT2D eigenvalue weighted by atomic mass is 10.1. The van der Waals surface area contributed by atoms with Gasteiger partial charge in [0.1, 0.15) is 17.0 Å². The molecule has 0 radical (unpaired) electrons. The number of nitrogens with one attached hydrogen (secondary N) is 1. The highest BCUT2D eigenvalue weighted by molar-refractivity contribution is 5.95. The topological polar surface area (TPSA) is 43.4 Å². The number of hydrogen-bond donors (Lipinski definition) is 1. The molecule has 1 aromatic heterocycles. The molecule has 18 heavy (non-hydrogen) atoms. The first-order chi connectivity index (χ1) is 8.80. The number of ether oxygens (including phenoxy) is 2. The van der Waals surface area contributed by atoms with Crippen LogP contribution in [0.1, 0.15) is 13.3 Å². The third-order valence-electron chi connectivity index (χ3n) is 2.80. The van der Waals surface area contributed by atoms with Crippen LogP contribution in [-0.4, -0.2) is 25.7 Å². The zero-order valence-electron chi connectivity index (χ0n) is 11.0. The first-order valence-corrected chi connectivity index (χ1v) is 6.04. The molecule has 0 bridgehead atoms. The Hall–Kier alpha value is -1.97. The van der Waals surface area contributed by atoms with Crippen molar-refractivity contribution in [2.75, 3.05) is 26.1 Å². The highest BCUT2D eigenvalue weighted by atomic mass is 16.5. The van der Waals surface area contributed by atoms with Crippen LogP contribution < -0.4 is 14.8 Å². The van der Waals surface area contributed by atoms with Crippen molar-refractivity contribution in [2.45, 2.75) is 13.3 Å². The summed E-state index contributed by atoms with van der Waals surface area (Å²) in [5.41, 5.74) is 1.90. The SMILES string of the molecule is CCCNc1ccnc2c(OC)cc(OC)cc12. The average Bonchev–Trinajstić information content (AvgIpc) is 2.43. The predicted octanol–water partition coefficient (Wildman–Crippen LogP) is 3.07. The molecule has 1 heterocycles. The molecule has 4 heteroatoms. The van der Waals surface area contributed by atoms with Crippen molar-refractivity contribution < 1.29 is 9.47 Å². The third kappa shape index (κ3) is 2.32. The molecule has 0 aliphatic rings. The zero-order chi connectivity index (χ0) is 13.0. The normalized spacial score (nSPS) is 10.4. The van der Waals surface area contributed by atoms with Crippen LogP contribution in [-0.2, 0) is 0 Å². The molecule has 0 unspecified atom stereocenters. The summed E-state index contributed by atoms with van der Waals surface area (Å²) < 4.78 is 10.6. The number of hydrogen-bond acceptors (Lipinski definition) is 4. The number of anilines is 1. The molecule has 1 N–H and O–H groups in total. The fraction of sp³-hybridized carbons (Fsp3) is 0.357. The van der Waals surface area contributed by atoms with E-state index in [0.29, 0.717) is 0 Å². The number of nitrogens with zero attached hydrogens (tertiary/aromatic N) is 1. The van der Waals surface area contributed by atoms with E-state index in [1.807, 2.05) is 18.2 Å².